The number of aromatic nitrogens is 1. The molecule has 2 N–H and O–H groups in total. The van der Waals surface area contributed by atoms with Crippen LogP contribution >= 0.6 is 11.3 Å². The fourth-order valence-corrected chi connectivity index (χ4v) is 4.00. The van der Waals surface area contributed by atoms with Crippen molar-refractivity contribution in [2.75, 3.05) is 5.32 Å². The summed E-state index contributed by atoms with van der Waals surface area (Å²) in [5.41, 5.74) is 0.353. The van der Waals surface area contributed by atoms with Crippen LogP contribution in [-0.2, 0) is 9.59 Å². The molecule has 1 saturated carbocycles. The molecule has 2 atom stereocenters. The zero-order valence-electron chi connectivity index (χ0n) is 13.7. The number of amides is 1. The zero-order chi connectivity index (χ0) is 18.7. The van der Waals surface area contributed by atoms with Crippen LogP contribution in [-0.4, -0.2) is 22.0 Å². The Balaban J connectivity index is 1.85. The summed E-state index contributed by atoms with van der Waals surface area (Å²) in [6, 6.07) is 7.92. The van der Waals surface area contributed by atoms with E-state index in [9.17, 15) is 24.3 Å². The maximum absolute atomic E-state index is 14.0. The number of halogens is 1. The first-order valence-corrected chi connectivity index (χ1v) is 9.02. The summed E-state index contributed by atoms with van der Waals surface area (Å²) in [5, 5.41) is 21.4. The average Bonchev–Trinajstić information content (AvgIpc) is 3.04. The fraction of sp³-hybridized carbons (Fsp3) is 0.333. The smallest absolute Gasteiger partial charge is 0.307 e. The summed E-state index contributed by atoms with van der Waals surface area (Å²) in [4.78, 5) is 28.3. The second-order valence-corrected chi connectivity index (χ2v) is 7.11. The topological polar surface area (TPSA) is 103 Å². The summed E-state index contributed by atoms with van der Waals surface area (Å²) < 4.78 is 14.0. The van der Waals surface area contributed by atoms with Gasteiger partial charge >= 0.3 is 5.97 Å². The molecule has 1 aliphatic rings. The second-order valence-electron chi connectivity index (χ2n) is 6.11. The Hall–Kier alpha value is -2.79. The van der Waals surface area contributed by atoms with Crippen LogP contribution in [0.25, 0.3) is 11.3 Å². The highest BCUT2D eigenvalue weighted by molar-refractivity contribution is 7.16. The third-order valence-corrected chi connectivity index (χ3v) is 5.38. The Morgan fingerprint density at radius 3 is 2.62 bits per heavy atom. The number of nitrogens with one attached hydrogen (secondary N) is 1. The van der Waals surface area contributed by atoms with Crippen molar-refractivity contribution in [2.24, 2.45) is 11.8 Å². The molecule has 1 fully saturated rings. The summed E-state index contributed by atoms with van der Waals surface area (Å²) in [7, 11) is 0. The highest BCUT2D eigenvalue weighted by Gasteiger charge is 2.36. The number of carboxylic acid groups (broad SMARTS) is 1. The standard InChI is InChI=1S/C18H16FN3O3S/c19-13-8-4-3-7-12(13)15-14(9-20)26-18(21-15)22-16(23)10-5-1-2-6-11(10)17(24)25/h3-4,7-8,10-11H,1-2,5-6H2,(H,24,25)(H,21,22,23)/t10-,11-/m0/s1. The van der Waals surface area contributed by atoms with Gasteiger partial charge in [-0.3, -0.25) is 9.59 Å². The van der Waals surface area contributed by atoms with E-state index in [0.717, 1.165) is 24.2 Å². The summed E-state index contributed by atoms with van der Waals surface area (Å²) >= 11 is 0.947. The highest BCUT2D eigenvalue weighted by atomic mass is 32.1. The van der Waals surface area contributed by atoms with E-state index in [1.165, 1.54) is 18.2 Å². The minimum absolute atomic E-state index is 0.166. The number of carbonyl (C=O) groups is 2. The number of carboxylic acids is 1. The summed E-state index contributed by atoms with van der Waals surface area (Å²) in [5.74, 6) is -3.26. The van der Waals surface area contributed by atoms with E-state index in [2.05, 4.69) is 10.3 Å². The predicted molar refractivity (Wildman–Crippen MR) is 93.9 cm³/mol. The van der Waals surface area contributed by atoms with Crippen molar-refractivity contribution in [1.29, 1.82) is 5.26 Å². The largest absolute Gasteiger partial charge is 0.481 e. The first-order valence-electron chi connectivity index (χ1n) is 8.20. The molecule has 0 bridgehead atoms. The molecule has 0 aliphatic heterocycles. The number of hydrogen-bond donors (Lipinski definition) is 2. The number of thiazole rings is 1. The maximum atomic E-state index is 14.0. The van der Waals surface area contributed by atoms with Crippen molar-refractivity contribution in [1.82, 2.24) is 4.98 Å². The molecule has 0 unspecified atom stereocenters. The Morgan fingerprint density at radius 1 is 1.27 bits per heavy atom. The lowest BCUT2D eigenvalue weighted by atomic mass is 9.79. The molecule has 0 spiro atoms. The molecule has 8 heteroatoms. The van der Waals surface area contributed by atoms with E-state index in [0.29, 0.717) is 12.8 Å². The number of anilines is 1. The lowest BCUT2D eigenvalue weighted by Gasteiger charge is -2.26. The Bertz CT molecular complexity index is 890. The number of nitrogens with zero attached hydrogens (tertiary/aromatic N) is 2. The summed E-state index contributed by atoms with van der Waals surface area (Å²) in [6.45, 7) is 0. The maximum Gasteiger partial charge on any atom is 0.307 e. The zero-order valence-corrected chi connectivity index (χ0v) is 14.6. The number of benzene rings is 1. The van der Waals surface area contributed by atoms with Crippen LogP contribution in [0.4, 0.5) is 9.52 Å². The van der Waals surface area contributed by atoms with Gasteiger partial charge in [-0.2, -0.15) is 5.26 Å². The van der Waals surface area contributed by atoms with Gasteiger partial charge < -0.3 is 10.4 Å². The van der Waals surface area contributed by atoms with Crippen LogP contribution in [0, 0.1) is 29.0 Å². The van der Waals surface area contributed by atoms with Crippen LogP contribution in [0.5, 0.6) is 0 Å². The van der Waals surface area contributed by atoms with Crippen molar-refractivity contribution >= 4 is 28.3 Å². The quantitative estimate of drug-likeness (QED) is 0.851. The van der Waals surface area contributed by atoms with Gasteiger partial charge in [-0.05, 0) is 25.0 Å². The molecular formula is C18H16FN3O3S. The molecule has 1 aromatic carbocycles. The van der Waals surface area contributed by atoms with E-state index < -0.39 is 29.5 Å². The molecule has 1 amide bonds. The second kappa shape index (κ2) is 7.62. The van der Waals surface area contributed by atoms with Gasteiger partial charge in [-0.25, -0.2) is 9.37 Å². The molecule has 6 nitrogen and oxygen atoms in total. The molecule has 1 aromatic heterocycles. The van der Waals surface area contributed by atoms with Crippen molar-refractivity contribution in [3.8, 4) is 17.3 Å². The predicted octanol–water partition coefficient (Wildman–Crippen LogP) is 3.65. The van der Waals surface area contributed by atoms with Gasteiger partial charge in [0.15, 0.2) is 5.13 Å². The lowest BCUT2D eigenvalue weighted by molar-refractivity contribution is -0.147. The van der Waals surface area contributed by atoms with E-state index in [-0.39, 0.29) is 21.3 Å². The summed E-state index contributed by atoms with van der Waals surface area (Å²) in [6.07, 6.45) is 2.55. The number of nitriles is 1. The lowest BCUT2D eigenvalue weighted by Crippen LogP contribution is -2.36. The molecule has 1 heterocycles. The first-order chi connectivity index (χ1) is 12.5. The normalized spacial score (nSPS) is 19.5. The van der Waals surface area contributed by atoms with E-state index in [1.54, 1.807) is 6.07 Å². The van der Waals surface area contributed by atoms with Gasteiger partial charge in [-0.15, -0.1) is 0 Å². The van der Waals surface area contributed by atoms with Crippen LogP contribution < -0.4 is 5.32 Å². The van der Waals surface area contributed by atoms with Crippen LogP contribution in [0.3, 0.4) is 0 Å². The Labute approximate surface area is 153 Å². The molecule has 0 saturated heterocycles. The number of aliphatic carboxylic acids is 1. The van der Waals surface area contributed by atoms with Crippen molar-refractivity contribution in [3.05, 3.63) is 35.0 Å². The van der Waals surface area contributed by atoms with Crippen molar-refractivity contribution in [3.63, 3.8) is 0 Å². The first kappa shape index (κ1) is 18.0. The van der Waals surface area contributed by atoms with Gasteiger partial charge in [0.2, 0.25) is 5.91 Å². The van der Waals surface area contributed by atoms with E-state index in [4.69, 9.17) is 0 Å². The van der Waals surface area contributed by atoms with Gasteiger partial charge in [-0.1, -0.05) is 36.3 Å². The molecular weight excluding hydrogens is 357 g/mol. The third kappa shape index (κ3) is 3.58. The van der Waals surface area contributed by atoms with Gasteiger partial charge in [0, 0.05) is 5.56 Å². The van der Waals surface area contributed by atoms with Gasteiger partial charge in [0.1, 0.15) is 22.5 Å². The Kier molecular flexibility index (Phi) is 5.28. The average molecular weight is 373 g/mol. The molecule has 26 heavy (non-hydrogen) atoms. The number of carbonyl (C=O) groups excluding carboxylic acids is 1. The SMILES string of the molecule is N#Cc1sc(NC(=O)[C@H]2CCCC[C@@H]2C(=O)O)nc1-c1ccccc1F. The molecule has 0 radical (unpaired) electrons. The number of hydrogen-bond acceptors (Lipinski definition) is 5. The highest BCUT2D eigenvalue weighted by Crippen LogP contribution is 2.34. The van der Waals surface area contributed by atoms with Crippen LogP contribution in [0.2, 0.25) is 0 Å². The number of rotatable bonds is 4. The fourth-order valence-electron chi connectivity index (χ4n) is 3.22. The van der Waals surface area contributed by atoms with Crippen molar-refractivity contribution < 1.29 is 19.1 Å². The monoisotopic (exact) mass is 373 g/mol. The van der Waals surface area contributed by atoms with Crippen molar-refractivity contribution in [2.45, 2.75) is 25.7 Å². The molecule has 134 valence electrons. The molecule has 2 aromatic rings. The molecule has 3 rings (SSSR count). The minimum Gasteiger partial charge on any atom is -0.481 e. The van der Waals surface area contributed by atoms with Crippen LogP contribution in [0.1, 0.15) is 30.6 Å². The Morgan fingerprint density at radius 2 is 1.96 bits per heavy atom. The third-order valence-electron chi connectivity index (χ3n) is 4.51. The van der Waals surface area contributed by atoms with E-state index in [1.807, 2.05) is 6.07 Å². The molecule has 1 aliphatic carbocycles. The van der Waals surface area contributed by atoms with Gasteiger partial charge in [0.05, 0.1) is 11.8 Å². The van der Waals surface area contributed by atoms with E-state index >= 15 is 0 Å². The minimum atomic E-state index is -0.978. The van der Waals surface area contributed by atoms with Crippen LogP contribution in [0.15, 0.2) is 24.3 Å². The van der Waals surface area contributed by atoms with Gasteiger partial charge in [0.25, 0.3) is 0 Å².